The quantitative estimate of drug-likeness (QED) is 0.816. The average Bonchev–Trinajstić information content (AvgIpc) is 2.56. The van der Waals surface area contributed by atoms with Gasteiger partial charge in [0.25, 0.3) is 0 Å². The van der Waals surface area contributed by atoms with Crippen LogP contribution < -0.4 is 9.64 Å². The maximum Gasteiger partial charge on any atom is 0.375 e. The minimum atomic E-state index is -0.604. The number of carbonyl (C=O) groups is 1. The molecule has 22 heavy (non-hydrogen) atoms. The van der Waals surface area contributed by atoms with Gasteiger partial charge in [0.15, 0.2) is 11.6 Å². The molecule has 1 aromatic carbocycles. The molecule has 0 atom stereocenters. The molecule has 0 fully saturated rings. The van der Waals surface area contributed by atoms with Crippen molar-refractivity contribution in [1.82, 2.24) is 4.98 Å². The van der Waals surface area contributed by atoms with E-state index >= 15 is 0 Å². The van der Waals surface area contributed by atoms with Gasteiger partial charge in [0.2, 0.25) is 5.76 Å². The third kappa shape index (κ3) is 2.63. The number of aromatic nitrogens is 1. The van der Waals surface area contributed by atoms with Crippen LogP contribution in [0.4, 0.5) is 10.2 Å². The highest BCUT2D eigenvalue weighted by molar-refractivity contribution is 5.88. The third-order valence-corrected chi connectivity index (χ3v) is 3.20. The first-order valence-electron chi connectivity index (χ1n) is 6.62. The molecule has 0 aliphatic carbocycles. The summed E-state index contributed by atoms with van der Waals surface area (Å²) in [6.07, 6.45) is 3.07. The lowest BCUT2D eigenvalue weighted by Gasteiger charge is -2.27. The number of anilines is 1. The molecule has 0 saturated heterocycles. The van der Waals surface area contributed by atoms with Gasteiger partial charge >= 0.3 is 5.97 Å². The third-order valence-electron chi connectivity index (χ3n) is 3.20. The topological polar surface area (TPSA) is 51.7 Å². The van der Waals surface area contributed by atoms with E-state index in [0.29, 0.717) is 17.1 Å². The standard InChI is InChI=1S/C16H13FN2O3/c1-21-16(20)14-10-19(9-11-5-2-3-6-12(11)17)15-13(22-14)7-4-8-18-15/h2-8,10H,9H2,1H3. The average molecular weight is 300 g/mol. The van der Waals surface area contributed by atoms with Crippen LogP contribution in [0, 0.1) is 5.82 Å². The molecule has 0 spiro atoms. The van der Waals surface area contributed by atoms with Crippen LogP contribution in [0.25, 0.3) is 0 Å². The molecule has 112 valence electrons. The van der Waals surface area contributed by atoms with Gasteiger partial charge in [-0.05, 0) is 18.2 Å². The van der Waals surface area contributed by atoms with Gasteiger partial charge in [-0.15, -0.1) is 0 Å². The summed E-state index contributed by atoms with van der Waals surface area (Å²) in [5.74, 6) is 0.0343. The molecule has 0 unspecified atom stereocenters. The van der Waals surface area contributed by atoms with Gasteiger partial charge in [0.1, 0.15) is 5.82 Å². The molecule has 0 radical (unpaired) electrons. The first-order valence-corrected chi connectivity index (χ1v) is 6.62. The Kier molecular flexibility index (Phi) is 3.74. The predicted molar refractivity (Wildman–Crippen MR) is 77.5 cm³/mol. The fraction of sp³-hybridized carbons (Fsp3) is 0.125. The summed E-state index contributed by atoms with van der Waals surface area (Å²) < 4.78 is 24.0. The van der Waals surface area contributed by atoms with Crippen LogP contribution in [0.5, 0.6) is 5.75 Å². The Morgan fingerprint density at radius 3 is 2.91 bits per heavy atom. The fourth-order valence-corrected chi connectivity index (χ4v) is 2.15. The van der Waals surface area contributed by atoms with Gasteiger partial charge in [0.05, 0.1) is 19.9 Å². The minimum Gasteiger partial charge on any atom is -0.463 e. The molecule has 0 N–H and O–H groups in total. The smallest absolute Gasteiger partial charge is 0.375 e. The zero-order valence-electron chi connectivity index (χ0n) is 11.8. The summed E-state index contributed by atoms with van der Waals surface area (Å²) in [6, 6.07) is 9.83. The number of pyridine rings is 1. The molecule has 1 aromatic heterocycles. The summed E-state index contributed by atoms with van der Waals surface area (Å²) in [5.41, 5.74) is 0.487. The number of esters is 1. The maximum atomic E-state index is 13.9. The van der Waals surface area contributed by atoms with Crippen LogP contribution in [0.1, 0.15) is 5.56 Å². The second kappa shape index (κ2) is 5.85. The molecular formula is C16H13FN2O3. The van der Waals surface area contributed by atoms with Crippen molar-refractivity contribution >= 4 is 11.8 Å². The van der Waals surface area contributed by atoms with Crippen molar-refractivity contribution in [3.63, 3.8) is 0 Å². The van der Waals surface area contributed by atoms with Gasteiger partial charge in [0, 0.05) is 11.8 Å². The number of rotatable bonds is 3. The lowest BCUT2D eigenvalue weighted by molar-refractivity contribution is -0.138. The number of halogens is 1. The van der Waals surface area contributed by atoms with Crippen molar-refractivity contribution < 1.29 is 18.7 Å². The first kappa shape index (κ1) is 14.1. The van der Waals surface area contributed by atoms with Crippen LogP contribution in [0.15, 0.2) is 54.6 Å². The molecular weight excluding hydrogens is 287 g/mol. The van der Waals surface area contributed by atoms with E-state index in [2.05, 4.69) is 9.72 Å². The van der Waals surface area contributed by atoms with Crippen LogP contribution in [-0.2, 0) is 16.1 Å². The van der Waals surface area contributed by atoms with Crippen molar-refractivity contribution in [3.05, 3.63) is 65.9 Å². The van der Waals surface area contributed by atoms with Crippen LogP contribution >= 0.6 is 0 Å². The molecule has 2 aromatic rings. The van der Waals surface area contributed by atoms with Crippen LogP contribution in [0.2, 0.25) is 0 Å². The van der Waals surface area contributed by atoms with E-state index in [-0.39, 0.29) is 18.1 Å². The van der Waals surface area contributed by atoms with Crippen molar-refractivity contribution in [1.29, 1.82) is 0 Å². The van der Waals surface area contributed by atoms with E-state index in [4.69, 9.17) is 4.74 Å². The van der Waals surface area contributed by atoms with Crippen LogP contribution in [-0.4, -0.2) is 18.1 Å². The Morgan fingerprint density at radius 2 is 2.14 bits per heavy atom. The Morgan fingerprint density at radius 1 is 1.32 bits per heavy atom. The molecule has 0 amide bonds. The van der Waals surface area contributed by atoms with E-state index in [1.807, 2.05) is 0 Å². The Labute approximate surface area is 126 Å². The number of nitrogens with zero attached hydrogens (tertiary/aromatic N) is 2. The molecule has 0 bridgehead atoms. The van der Waals surface area contributed by atoms with Gasteiger partial charge in [-0.2, -0.15) is 0 Å². The lowest BCUT2D eigenvalue weighted by Crippen LogP contribution is -2.26. The van der Waals surface area contributed by atoms with Gasteiger partial charge in [-0.1, -0.05) is 18.2 Å². The van der Waals surface area contributed by atoms with Gasteiger partial charge in [-0.3, -0.25) is 0 Å². The number of hydrogen-bond donors (Lipinski definition) is 0. The summed E-state index contributed by atoms with van der Waals surface area (Å²) in [5, 5.41) is 0. The van der Waals surface area contributed by atoms with E-state index in [1.165, 1.54) is 19.4 Å². The summed E-state index contributed by atoms with van der Waals surface area (Å²) >= 11 is 0. The van der Waals surface area contributed by atoms with E-state index in [9.17, 15) is 9.18 Å². The monoisotopic (exact) mass is 300 g/mol. The van der Waals surface area contributed by atoms with Crippen molar-refractivity contribution in [2.24, 2.45) is 0 Å². The maximum absolute atomic E-state index is 13.9. The first-order chi connectivity index (χ1) is 10.7. The summed E-state index contributed by atoms with van der Waals surface area (Å²) in [4.78, 5) is 17.6. The number of hydrogen-bond acceptors (Lipinski definition) is 5. The van der Waals surface area contributed by atoms with Gasteiger partial charge < -0.3 is 14.4 Å². The highest BCUT2D eigenvalue weighted by Gasteiger charge is 2.25. The number of ether oxygens (including phenoxy) is 2. The largest absolute Gasteiger partial charge is 0.463 e. The number of carbonyl (C=O) groups excluding carboxylic acids is 1. The number of methoxy groups -OCH3 is 1. The minimum absolute atomic E-state index is 0.0272. The molecule has 5 nitrogen and oxygen atoms in total. The second-order valence-corrected chi connectivity index (χ2v) is 4.63. The fourth-order valence-electron chi connectivity index (χ4n) is 2.15. The number of benzene rings is 1. The molecule has 6 heteroatoms. The Balaban J connectivity index is 1.98. The van der Waals surface area contributed by atoms with E-state index in [0.717, 1.165) is 0 Å². The van der Waals surface area contributed by atoms with E-state index < -0.39 is 5.97 Å². The molecule has 1 aliphatic heterocycles. The van der Waals surface area contributed by atoms with Crippen molar-refractivity contribution in [2.45, 2.75) is 6.54 Å². The molecule has 2 heterocycles. The van der Waals surface area contributed by atoms with Crippen LogP contribution in [0.3, 0.4) is 0 Å². The van der Waals surface area contributed by atoms with E-state index in [1.54, 1.807) is 41.4 Å². The highest BCUT2D eigenvalue weighted by Crippen LogP contribution is 2.33. The van der Waals surface area contributed by atoms with Gasteiger partial charge in [-0.25, -0.2) is 14.2 Å². The Hall–Kier alpha value is -2.89. The second-order valence-electron chi connectivity index (χ2n) is 4.63. The molecule has 3 rings (SSSR count). The number of fused-ring (bicyclic) bond motifs is 1. The Bertz CT molecular complexity index is 746. The SMILES string of the molecule is COC(=O)C1=CN(Cc2ccccc2F)c2ncccc2O1. The summed E-state index contributed by atoms with van der Waals surface area (Å²) in [7, 11) is 1.27. The normalized spacial score (nSPS) is 13.0. The summed E-state index contributed by atoms with van der Waals surface area (Å²) in [6.45, 7) is 0.223. The zero-order valence-corrected chi connectivity index (χ0v) is 11.8. The molecule has 1 aliphatic rings. The molecule has 0 saturated carbocycles. The van der Waals surface area contributed by atoms with Crippen molar-refractivity contribution in [2.75, 3.05) is 12.0 Å². The van der Waals surface area contributed by atoms with Crippen molar-refractivity contribution in [3.8, 4) is 5.75 Å². The predicted octanol–water partition coefficient (Wildman–Crippen LogP) is 2.63. The zero-order chi connectivity index (χ0) is 15.5. The highest BCUT2D eigenvalue weighted by atomic mass is 19.1. The lowest BCUT2D eigenvalue weighted by atomic mass is 10.2.